The minimum Gasteiger partial charge on any atom is -0.455 e. The molecule has 1 aromatic rings. The fourth-order valence-electron chi connectivity index (χ4n) is 1.28. The van der Waals surface area contributed by atoms with Crippen LogP contribution in [-0.2, 0) is 6.42 Å². The zero-order valence-electron chi connectivity index (χ0n) is 10.0. The maximum absolute atomic E-state index is 12.4. The Labute approximate surface area is 118 Å². The van der Waals surface area contributed by atoms with Gasteiger partial charge in [0.15, 0.2) is 0 Å². The summed E-state index contributed by atoms with van der Waals surface area (Å²) in [6, 6.07) is 0.851. The van der Waals surface area contributed by atoms with Crippen LogP contribution in [-0.4, -0.2) is 28.4 Å². The van der Waals surface area contributed by atoms with E-state index in [4.69, 9.17) is 0 Å². The molecule has 0 amide bonds. The van der Waals surface area contributed by atoms with Crippen LogP contribution in [0.15, 0.2) is 10.7 Å². The van der Waals surface area contributed by atoms with E-state index in [0.29, 0.717) is 12.8 Å². The summed E-state index contributed by atoms with van der Waals surface area (Å²) in [7, 11) is 0. The third-order valence-corrected chi connectivity index (χ3v) is 2.43. The lowest BCUT2D eigenvalue weighted by Crippen LogP contribution is -2.46. The van der Waals surface area contributed by atoms with Gasteiger partial charge in [-0.2, -0.15) is 31.3 Å². The first-order valence-corrected chi connectivity index (χ1v) is 6.17. The maximum atomic E-state index is 12.4. The van der Waals surface area contributed by atoms with Gasteiger partial charge in [-0.05, 0) is 22.4 Å². The van der Waals surface area contributed by atoms with Gasteiger partial charge in [0, 0.05) is 12.5 Å². The van der Waals surface area contributed by atoms with Crippen molar-refractivity contribution in [2.24, 2.45) is 0 Å². The number of ether oxygens (including phenoxy) is 1. The summed E-state index contributed by atoms with van der Waals surface area (Å²) >= 11 is 2.88. The number of alkyl halides is 6. The van der Waals surface area contributed by atoms with Crippen LogP contribution in [0, 0.1) is 0 Å². The van der Waals surface area contributed by atoms with Crippen LogP contribution in [0.4, 0.5) is 26.3 Å². The Balaban J connectivity index is 3.05. The fraction of sp³-hybridized carbons (Fsp3) is 0.600. The van der Waals surface area contributed by atoms with Crippen molar-refractivity contribution in [3.8, 4) is 5.88 Å². The largest absolute Gasteiger partial charge is 0.455 e. The third-order valence-electron chi connectivity index (χ3n) is 2.02. The summed E-state index contributed by atoms with van der Waals surface area (Å²) < 4.78 is 78.1. The molecule has 114 valence electrons. The molecule has 3 nitrogen and oxygen atoms in total. The van der Waals surface area contributed by atoms with Crippen molar-refractivity contribution < 1.29 is 31.1 Å². The molecule has 0 saturated heterocycles. The van der Waals surface area contributed by atoms with Gasteiger partial charge in [0.25, 0.3) is 6.10 Å². The summed E-state index contributed by atoms with van der Waals surface area (Å²) in [6.45, 7) is 1.76. The molecule has 0 radical (unpaired) electrons. The van der Waals surface area contributed by atoms with Crippen molar-refractivity contribution in [2.75, 3.05) is 0 Å². The predicted molar refractivity (Wildman–Crippen MR) is 60.3 cm³/mol. The molecule has 10 heteroatoms. The van der Waals surface area contributed by atoms with E-state index in [-0.39, 0.29) is 10.4 Å². The molecule has 20 heavy (non-hydrogen) atoms. The zero-order valence-corrected chi connectivity index (χ0v) is 11.6. The van der Waals surface area contributed by atoms with Crippen molar-refractivity contribution in [1.29, 1.82) is 0 Å². The van der Waals surface area contributed by atoms with Gasteiger partial charge in [-0.3, -0.25) is 0 Å². The monoisotopic (exact) mass is 366 g/mol. The molecule has 0 aliphatic rings. The van der Waals surface area contributed by atoms with Gasteiger partial charge < -0.3 is 4.74 Å². The Hall–Kier alpha value is -1.06. The molecule has 0 unspecified atom stereocenters. The van der Waals surface area contributed by atoms with Crippen molar-refractivity contribution >= 4 is 15.9 Å². The van der Waals surface area contributed by atoms with Crippen molar-refractivity contribution in [3.05, 3.63) is 16.5 Å². The van der Waals surface area contributed by atoms with Crippen LogP contribution in [0.25, 0.3) is 0 Å². The highest BCUT2D eigenvalue weighted by molar-refractivity contribution is 9.10. The molecular formula is C10H9BrF6N2O. The van der Waals surface area contributed by atoms with Crippen LogP contribution in [0.2, 0.25) is 0 Å². The highest BCUT2D eigenvalue weighted by Gasteiger charge is 2.59. The SMILES string of the molecule is CCCc1nc(Br)cc(OC(C(F)(F)F)C(F)(F)F)n1. The number of aromatic nitrogens is 2. The van der Waals surface area contributed by atoms with Crippen molar-refractivity contribution in [1.82, 2.24) is 9.97 Å². The van der Waals surface area contributed by atoms with E-state index in [1.54, 1.807) is 6.92 Å². The Morgan fingerprint density at radius 3 is 2.15 bits per heavy atom. The van der Waals surface area contributed by atoms with E-state index in [1.807, 2.05) is 0 Å². The molecule has 0 N–H and O–H groups in total. The Morgan fingerprint density at radius 2 is 1.70 bits per heavy atom. The normalized spacial score (nSPS) is 12.8. The van der Waals surface area contributed by atoms with Gasteiger partial charge in [0.1, 0.15) is 10.4 Å². The average Bonchev–Trinajstić information content (AvgIpc) is 2.22. The number of aryl methyl sites for hydroxylation is 1. The lowest BCUT2D eigenvalue weighted by molar-refractivity contribution is -0.300. The quantitative estimate of drug-likeness (QED) is 0.595. The molecule has 0 saturated carbocycles. The van der Waals surface area contributed by atoms with Crippen LogP contribution in [0.5, 0.6) is 5.88 Å². The topological polar surface area (TPSA) is 35.0 Å². The first-order valence-electron chi connectivity index (χ1n) is 5.37. The molecule has 0 aliphatic carbocycles. The Bertz CT molecular complexity index is 448. The summed E-state index contributed by atoms with van der Waals surface area (Å²) in [6.07, 6.45) is -14.2. The van der Waals surface area contributed by atoms with E-state index < -0.39 is 24.3 Å². The third kappa shape index (κ3) is 4.80. The molecule has 0 aromatic carbocycles. The van der Waals surface area contributed by atoms with E-state index in [9.17, 15) is 26.3 Å². The molecule has 0 spiro atoms. The number of halogens is 7. The van der Waals surface area contributed by atoms with Gasteiger partial charge in [-0.25, -0.2) is 4.98 Å². The fourth-order valence-corrected chi connectivity index (χ4v) is 1.68. The summed E-state index contributed by atoms with van der Waals surface area (Å²) in [5, 5.41) is 0. The van der Waals surface area contributed by atoms with Gasteiger partial charge >= 0.3 is 12.4 Å². The molecule has 0 aliphatic heterocycles. The standard InChI is InChI=1S/C10H9BrF6N2O/c1-2-3-6-18-5(11)4-7(19-6)20-8(9(12,13)14)10(15,16)17/h4,8H,2-3H2,1H3. The molecule has 0 bridgehead atoms. The first-order chi connectivity index (χ1) is 9.04. The number of hydrogen-bond acceptors (Lipinski definition) is 3. The molecule has 1 heterocycles. The van der Waals surface area contributed by atoms with E-state index >= 15 is 0 Å². The Morgan fingerprint density at radius 1 is 1.15 bits per heavy atom. The van der Waals surface area contributed by atoms with Gasteiger partial charge in [0.05, 0.1) is 0 Å². The number of rotatable bonds is 4. The van der Waals surface area contributed by atoms with Crippen molar-refractivity contribution in [2.45, 2.75) is 38.2 Å². The van der Waals surface area contributed by atoms with Crippen LogP contribution in [0.3, 0.4) is 0 Å². The summed E-state index contributed by atoms with van der Waals surface area (Å²) in [5.41, 5.74) is 0. The molecule has 1 aromatic heterocycles. The molecule has 1 rings (SSSR count). The minimum atomic E-state index is -5.58. The minimum absolute atomic E-state index is 0.0500. The number of hydrogen-bond donors (Lipinski definition) is 0. The first kappa shape index (κ1) is 17.0. The Kier molecular flexibility index (Phi) is 5.22. The molecular weight excluding hydrogens is 358 g/mol. The summed E-state index contributed by atoms with van der Waals surface area (Å²) in [5.74, 6) is -0.685. The lowest BCUT2D eigenvalue weighted by atomic mass is 10.3. The second-order valence-electron chi connectivity index (χ2n) is 3.78. The van der Waals surface area contributed by atoms with Crippen LogP contribution in [0.1, 0.15) is 19.2 Å². The average molecular weight is 367 g/mol. The highest BCUT2D eigenvalue weighted by Crippen LogP contribution is 2.36. The smallest absolute Gasteiger partial charge is 0.434 e. The van der Waals surface area contributed by atoms with Crippen LogP contribution >= 0.6 is 15.9 Å². The second-order valence-corrected chi connectivity index (χ2v) is 4.59. The zero-order chi connectivity index (χ0) is 15.6. The summed E-state index contributed by atoms with van der Waals surface area (Å²) in [4.78, 5) is 7.35. The maximum Gasteiger partial charge on any atom is 0.434 e. The van der Waals surface area contributed by atoms with Gasteiger partial charge in [0.2, 0.25) is 5.88 Å². The molecule has 0 atom stereocenters. The van der Waals surface area contributed by atoms with Crippen molar-refractivity contribution in [3.63, 3.8) is 0 Å². The van der Waals surface area contributed by atoms with E-state index in [2.05, 4.69) is 30.6 Å². The van der Waals surface area contributed by atoms with E-state index in [0.717, 1.165) is 6.07 Å². The van der Waals surface area contributed by atoms with Crippen LogP contribution < -0.4 is 4.74 Å². The highest BCUT2D eigenvalue weighted by atomic mass is 79.9. The van der Waals surface area contributed by atoms with E-state index in [1.165, 1.54) is 0 Å². The van der Waals surface area contributed by atoms with Gasteiger partial charge in [-0.15, -0.1) is 0 Å². The second kappa shape index (κ2) is 6.15. The van der Waals surface area contributed by atoms with Gasteiger partial charge in [-0.1, -0.05) is 6.92 Å². The predicted octanol–water partition coefficient (Wildman–Crippen LogP) is 4.06. The number of nitrogens with zero attached hydrogens (tertiary/aromatic N) is 2. The molecule has 0 fully saturated rings. The lowest BCUT2D eigenvalue weighted by Gasteiger charge is -2.23.